The first-order chi connectivity index (χ1) is 13.9. The summed E-state index contributed by atoms with van der Waals surface area (Å²) in [5.41, 5.74) is 4.87. The number of rotatable bonds is 7. The van der Waals surface area contributed by atoms with Gasteiger partial charge in [-0.1, -0.05) is 57.2 Å². The number of hydrogen-bond acceptors (Lipinski definition) is 3. The maximum Gasteiger partial charge on any atom is 0.162 e. The minimum absolute atomic E-state index is 0.165. The molecule has 1 heterocycles. The van der Waals surface area contributed by atoms with Crippen molar-refractivity contribution in [1.29, 1.82) is 0 Å². The summed E-state index contributed by atoms with van der Waals surface area (Å²) in [5, 5.41) is 3.38. The Morgan fingerprint density at radius 2 is 1.72 bits per heavy atom. The Balaban J connectivity index is 1.63. The number of benzene rings is 2. The van der Waals surface area contributed by atoms with Gasteiger partial charge < -0.3 is 5.32 Å². The van der Waals surface area contributed by atoms with E-state index in [0.717, 1.165) is 34.6 Å². The van der Waals surface area contributed by atoms with Crippen molar-refractivity contribution in [2.24, 2.45) is 5.41 Å². The summed E-state index contributed by atoms with van der Waals surface area (Å²) >= 11 is 0. The highest BCUT2D eigenvalue weighted by molar-refractivity contribution is 5.97. The van der Waals surface area contributed by atoms with Crippen molar-refractivity contribution in [2.45, 2.75) is 33.6 Å². The molecule has 1 aromatic heterocycles. The molecule has 0 saturated heterocycles. The molecule has 3 rings (SSSR count). The van der Waals surface area contributed by atoms with E-state index in [1.165, 1.54) is 0 Å². The number of nitrogens with one attached hydrogen (secondary N) is 1. The highest BCUT2D eigenvalue weighted by atomic mass is 16.1. The van der Waals surface area contributed by atoms with E-state index in [0.29, 0.717) is 6.42 Å². The van der Waals surface area contributed by atoms with Crippen molar-refractivity contribution >= 4 is 29.3 Å². The summed E-state index contributed by atoms with van der Waals surface area (Å²) in [6.07, 6.45) is 7.28. The van der Waals surface area contributed by atoms with Gasteiger partial charge in [-0.05, 0) is 59.9 Å². The second-order valence-corrected chi connectivity index (χ2v) is 8.40. The number of pyridine rings is 1. The lowest BCUT2D eigenvalue weighted by Crippen LogP contribution is -2.09. The fraction of sp³-hybridized carbons (Fsp3) is 0.231. The SMILES string of the molecule is CC(C)(C)CCC(=O)c1cccc(Nc2ccc(/C=C/c3ccccn3)cc2)c1. The zero-order valence-electron chi connectivity index (χ0n) is 17.4. The van der Waals surface area contributed by atoms with E-state index in [-0.39, 0.29) is 11.2 Å². The zero-order valence-corrected chi connectivity index (χ0v) is 17.4. The Morgan fingerprint density at radius 1 is 0.931 bits per heavy atom. The second kappa shape index (κ2) is 9.33. The van der Waals surface area contributed by atoms with Gasteiger partial charge in [0.25, 0.3) is 0 Å². The molecule has 0 saturated carbocycles. The van der Waals surface area contributed by atoms with Gasteiger partial charge in [0.05, 0.1) is 5.69 Å². The Bertz CT molecular complexity index is 968. The van der Waals surface area contributed by atoms with Gasteiger partial charge in [-0.2, -0.15) is 0 Å². The summed E-state index contributed by atoms with van der Waals surface area (Å²) in [7, 11) is 0. The maximum absolute atomic E-state index is 12.5. The molecular weight excluding hydrogens is 356 g/mol. The third-order valence-corrected chi connectivity index (χ3v) is 4.62. The third-order valence-electron chi connectivity index (χ3n) is 4.62. The Kier molecular flexibility index (Phi) is 6.61. The molecule has 0 aliphatic rings. The van der Waals surface area contributed by atoms with Gasteiger partial charge in [0.1, 0.15) is 0 Å². The van der Waals surface area contributed by atoms with Gasteiger partial charge in [0.15, 0.2) is 5.78 Å². The monoisotopic (exact) mass is 384 g/mol. The van der Waals surface area contributed by atoms with Crippen molar-refractivity contribution in [2.75, 3.05) is 5.32 Å². The number of aromatic nitrogens is 1. The predicted octanol–water partition coefficient (Wildman–Crippen LogP) is 7.00. The number of ketones is 1. The van der Waals surface area contributed by atoms with Crippen molar-refractivity contribution in [3.63, 3.8) is 0 Å². The molecule has 2 aromatic carbocycles. The Labute approximate surface area is 173 Å². The summed E-state index contributed by atoms with van der Waals surface area (Å²) in [4.78, 5) is 16.8. The molecule has 1 N–H and O–H groups in total. The van der Waals surface area contributed by atoms with Gasteiger partial charge in [0, 0.05) is 29.6 Å². The largest absolute Gasteiger partial charge is 0.356 e. The molecule has 0 aliphatic heterocycles. The smallest absolute Gasteiger partial charge is 0.162 e. The number of anilines is 2. The molecule has 0 aliphatic carbocycles. The highest BCUT2D eigenvalue weighted by Crippen LogP contribution is 2.24. The lowest BCUT2D eigenvalue weighted by atomic mass is 9.88. The van der Waals surface area contributed by atoms with Crippen LogP contribution in [0.3, 0.4) is 0 Å². The van der Waals surface area contributed by atoms with E-state index >= 15 is 0 Å². The average molecular weight is 385 g/mol. The van der Waals surface area contributed by atoms with Crippen LogP contribution in [0.25, 0.3) is 12.2 Å². The predicted molar refractivity (Wildman–Crippen MR) is 122 cm³/mol. The van der Waals surface area contributed by atoms with Crippen LogP contribution in [-0.2, 0) is 0 Å². The summed E-state index contributed by atoms with van der Waals surface area (Å²) in [6, 6.07) is 21.8. The van der Waals surface area contributed by atoms with Crippen molar-refractivity contribution in [3.8, 4) is 0 Å². The minimum Gasteiger partial charge on any atom is -0.356 e. The first kappa shape index (κ1) is 20.5. The van der Waals surface area contributed by atoms with Crippen LogP contribution in [0.15, 0.2) is 72.9 Å². The van der Waals surface area contributed by atoms with Crippen LogP contribution >= 0.6 is 0 Å². The molecule has 0 radical (unpaired) electrons. The first-order valence-electron chi connectivity index (χ1n) is 9.99. The second-order valence-electron chi connectivity index (χ2n) is 8.40. The summed E-state index contributed by atoms with van der Waals surface area (Å²) in [6.45, 7) is 6.48. The van der Waals surface area contributed by atoms with Gasteiger partial charge in [-0.25, -0.2) is 0 Å². The van der Waals surface area contributed by atoms with Crippen molar-refractivity contribution in [1.82, 2.24) is 4.98 Å². The molecule has 0 amide bonds. The van der Waals surface area contributed by atoms with Crippen LogP contribution in [0.4, 0.5) is 11.4 Å². The van der Waals surface area contributed by atoms with Gasteiger partial charge >= 0.3 is 0 Å². The molecule has 0 fully saturated rings. The molecule has 0 bridgehead atoms. The third kappa shape index (κ3) is 6.72. The molecule has 29 heavy (non-hydrogen) atoms. The number of nitrogens with zero attached hydrogens (tertiary/aromatic N) is 1. The fourth-order valence-electron chi connectivity index (χ4n) is 2.90. The molecule has 148 valence electrons. The number of carbonyl (C=O) groups is 1. The number of Topliss-reactive ketones (excluding diaryl/α,β-unsaturated/α-hetero) is 1. The quantitative estimate of drug-likeness (QED) is 0.446. The zero-order chi connectivity index (χ0) is 20.7. The molecular formula is C26H28N2O. The molecule has 0 spiro atoms. The van der Waals surface area contributed by atoms with Crippen molar-refractivity contribution in [3.05, 3.63) is 89.7 Å². The molecule has 3 aromatic rings. The Morgan fingerprint density at radius 3 is 2.41 bits per heavy atom. The molecule has 0 atom stereocenters. The normalized spacial score (nSPS) is 11.6. The van der Waals surface area contributed by atoms with Gasteiger partial charge in [-0.3, -0.25) is 9.78 Å². The highest BCUT2D eigenvalue weighted by Gasteiger charge is 2.14. The van der Waals surface area contributed by atoms with Gasteiger partial charge in [0.2, 0.25) is 0 Å². The summed E-state index contributed by atoms with van der Waals surface area (Å²) in [5.74, 6) is 0.193. The average Bonchev–Trinajstić information content (AvgIpc) is 2.72. The fourth-order valence-corrected chi connectivity index (χ4v) is 2.90. The van der Waals surface area contributed by atoms with E-state index < -0.39 is 0 Å². The molecule has 0 unspecified atom stereocenters. The number of hydrogen-bond donors (Lipinski definition) is 1. The van der Waals surface area contributed by atoms with Crippen LogP contribution in [0.1, 0.15) is 55.2 Å². The van der Waals surface area contributed by atoms with Crippen LogP contribution in [0.2, 0.25) is 0 Å². The van der Waals surface area contributed by atoms with E-state index in [2.05, 4.69) is 43.2 Å². The van der Waals surface area contributed by atoms with E-state index in [1.54, 1.807) is 6.20 Å². The topological polar surface area (TPSA) is 42.0 Å². The van der Waals surface area contributed by atoms with Crippen LogP contribution in [0, 0.1) is 5.41 Å². The van der Waals surface area contributed by atoms with Crippen molar-refractivity contribution < 1.29 is 4.79 Å². The van der Waals surface area contributed by atoms with Gasteiger partial charge in [-0.15, -0.1) is 0 Å². The van der Waals surface area contributed by atoms with Crippen LogP contribution < -0.4 is 5.32 Å². The minimum atomic E-state index is 0.165. The maximum atomic E-state index is 12.5. The number of carbonyl (C=O) groups excluding carboxylic acids is 1. The van der Waals surface area contributed by atoms with Crippen LogP contribution in [0.5, 0.6) is 0 Å². The van der Waals surface area contributed by atoms with E-state index in [1.807, 2.05) is 66.7 Å². The lowest BCUT2D eigenvalue weighted by molar-refractivity contribution is 0.0966. The molecule has 3 heteroatoms. The first-order valence-corrected chi connectivity index (χ1v) is 9.99. The Hall–Kier alpha value is -3.20. The van der Waals surface area contributed by atoms with Crippen LogP contribution in [-0.4, -0.2) is 10.8 Å². The standard InChI is InChI=1S/C26H28N2O/c1-26(2,3)17-16-25(29)21-7-6-9-24(19-21)28-23-14-11-20(12-15-23)10-13-22-8-4-5-18-27-22/h4-15,18-19,28H,16-17H2,1-3H3/b13-10+. The van der Waals surface area contributed by atoms with E-state index in [9.17, 15) is 4.79 Å². The lowest BCUT2D eigenvalue weighted by Gasteiger charge is -2.17. The molecule has 3 nitrogen and oxygen atoms in total. The van der Waals surface area contributed by atoms with E-state index in [4.69, 9.17) is 0 Å². The summed E-state index contributed by atoms with van der Waals surface area (Å²) < 4.78 is 0.